The predicted octanol–water partition coefficient (Wildman–Crippen LogP) is 7.20. The monoisotopic (exact) mass is 796 g/mol. The molecule has 0 bridgehead atoms. The van der Waals surface area contributed by atoms with Gasteiger partial charge in [-0.2, -0.15) is 0 Å². The highest BCUT2D eigenvalue weighted by Gasteiger charge is 2.42. The summed E-state index contributed by atoms with van der Waals surface area (Å²) in [5.41, 5.74) is 2.09. The molecule has 1 saturated heterocycles. The second kappa shape index (κ2) is 11.4. The molecule has 1 fully saturated rings. The molecule has 0 aromatic heterocycles. The van der Waals surface area contributed by atoms with E-state index >= 15 is 0 Å². The summed E-state index contributed by atoms with van der Waals surface area (Å²) in [7, 11) is 0. The molecule has 40 heavy (non-hydrogen) atoms. The average Bonchev–Trinajstić information content (AvgIpc) is 3.44. The summed E-state index contributed by atoms with van der Waals surface area (Å²) in [5, 5.41) is 0. The Hall–Kier alpha value is -2.54. The van der Waals surface area contributed by atoms with Crippen molar-refractivity contribution < 1.29 is 28.7 Å². The molecule has 2 aliphatic heterocycles. The van der Waals surface area contributed by atoms with Gasteiger partial charge in [-0.15, -0.1) is 0 Å². The molecule has 3 aromatic rings. The minimum atomic E-state index is -0.637. The number of imide groups is 1. The highest BCUT2D eigenvalue weighted by molar-refractivity contribution is 9.15. The number of ether oxygens (including phenoxy) is 2. The predicted molar refractivity (Wildman–Crippen MR) is 163 cm³/mol. The van der Waals surface area contributed by atoms with Crippen molar-refractivity contribution in [1.29, 1.82) is 0 Å². The van der Waals surface area contributed by atoms with Crippen molar-refractivity contribution >= 4 is 98.8 Å². The molecule has 0 aliphatic carbocycles. The largest absolute Gasteiger partial charge is 0.494 e. The maximum absolute atomic E-state index is 13.4. The molecule has 8 nitrogen and oxygen atoms in total. The first kappa shape index (κ1) is 29.0. The van der Waals surface area contributed by atoms with Crippen molar-refractivity contribution in [3.05, 3.63) is 77.0 Å². The van der Waals surface area contributed by atoms with Crippen molar-refractivity contribution in [2.75, 3.05) is 23.0 Å². The zero-order valence-electron chi connectivity index (χ0n) is 21.1. The lowest BCUT2D eigenvalue weighted by atomic mass is 10.1. The Morgan fingerprint density at radius 1 is 0.875 bits per heavy atom. The molecule has 0 saturated carbocycles. The number of carbonyl (C=O) groups is 4. The second-order valence-corrected chi connectivity index (χ2v) is 12.3. The van der Waals surface area contributed by atoms with Crippen LogP contribution in [0.15, 0.2) is 60.4 Å². The normalized spacial score (nSPS) is 16.6. The van der Waals surface area contributed by atoms with Gasteiger partial charge in [0, 0.05) is 36.5 Å². The zero-order chi connectivity index (χ0) is 28.9. The van der Waals surface area contributed by atoms with Crippen LogP contribution in [0.5, 0.6) is 11.5 Å². The summed E-state index contributed by atoms with van der Waals surface area (Å²) in [4.78, 5) is 55.0. The van der Waals surface area contributed by atoms with Crippen LogP contribution in [0.4, 0.5) is 11.4 Å². The number of esters is 1. The number of carbonyl (C=O) groups excluding carboxylic acids is 4. The third-order valence-corrected chi connectivity index (χ3v) is 11.4. The standard InChI is InChI=1S/C28H20Br4N2O6/c1-3-39-16-6-4-15(5-7-16)33-12-14(11-19(33)35)28(38)40-17-8-9-18(13(2)10-17)34-26(36)20-21(27(34)37)23(30)25(32)24(31)22(20)29/h4-10,14H,3,11-12H2,1-2H3/t14-/m1/s1. The Morgan fingerprint density at radius 3 is 2.00 bits per heavy atom. The zero-order valence-corrected chi connectivity index (χ0v) is 27.4. The third kappa shape index (κ3) is 5.03. The Labute approximate surface area is 263 Å². The van der Waals surface area contributed by atoms with Crippen molar-refractivity contribution in [3.63, 3.8) is 0 Å². The van der Waals surface area contributed by atoms with E-state index in [4.69, 9.17) is 9.47 Å². The van der Waals surface area contributed by atoms with Gasteiger partial charge in [0.15, 0.2) is 0 Å². The lowest BCUT2D eigenvalue weighted by Crippen LogP contribution is -2.30. The topological polar surface area (TPSA) is 93.2 Å². The van der Waals surface area contributed by atoms with Crippen LogP contribution in [0.25, 0.3) is 0 Å². The molecule has 2 heterocycles. The van der Waals surface area contributed by atoms with Crippen LogP contribution in [-0.4, -0.2) is 36.8 Å². The second-order valence-electron chi connectivity index (χ2n) is 9.15. The van der Waals surface area contributed by atoms with E-state index < -0.39 is 23.7 Å². The van der Waals surface area contributed by atoms with Crippen LogP contribution >= 0.6 is 63.7 Å². The van der Waals surface area contributed by atoms with E-state index in [1.807, 2.05) is 6.92 Å². The number of anilines is 2. The number of halogens is 4. The lowest BCUT2D eigenvalue weighted by molar-refractivity contribution is -0.139. The van der Waals surface area contributed by atoms with Crippen LogP contribution in [0, 0.1) is 12.8 Å². The van der Waals surface area contributed by atoms with Gasteiger partial charge in [0.1, 0.15) is 11.5 Å². The van der Waals surface area contributed by atoms with E-state index in [9.17, 15) is 19.2 Å². The molecule has 1 atom stereocenters. The SMILES string of the molecule is CCOc1ccc(N2C[C@H](C(=O)Oc3ccc(N4C(=O)c5c(Br)c(Br)c(Br)c(Br)c5C4=O)c(C)c3)CC2=O)cc1. The number of hydrogen-bond donors (Lipinski definition) is 0. The summed E-state index contributed by atoms with van der Waals surface area (Å²) in [6.07, 6.45) is 0.0347. The number of rotatable bonds is 6. The van der Waals surface area contributed by atoms with Crippen LogP contribution in [0.2, 0.25) is 0 Å². The molecule has 0 radical (unpaired) electrons. The molecule has 2 aliphatic rings. The van der Waals surface area contributed by atoms with Gasteiger partial charge >= 0.3 is 5.97 Å². The van der Waals surface area contributed by atoms with Gasteiger partial charge in [-0.05, 0) is 126 Å². The molecule has 12 heteroatoms. The first-order valence-electron chi connectivity index (χ1n) is 12.1. The number of amides is 3. The van der Waals surface area contributed by atoms with Gasteiger partial charge in [0.25, 0.3) is 11.8 Å². The van der Waals surface area contributed by atoms with Crippen molar-refractivity contribution in [1.82, 2.24) is 0 Å². The molecule has 0 spiro atoms. The number of nitrogens with zero attached hydrogens (tertiary/aromatic N) is 2. The fourth-order valence-corrected chi connectivity index (χ4v) is 7.17. The molecular weight excluding hydrogens is 780 g/mol. The number of fused-ring (bicyclic) bond motifs is 1. The summed E-state index contributed by atoms with van der Waals surface area (Å²) in [6.45, 7) is 4.36. The van der Waals surface area contributed by atoms with E-state index in [1.165, 1.54) is 6.07 Å². The smallest absolute Gasteiger partial charge is 0.316 e. The van der Waals surface area contributed by atoms with Crippen LogP contribution < -0.4 is 19.3 Å². The minimum absolute atomic E-state index is 0.0347. The quantitative estimate of drug-likeness (QED) is 0.0862. The van der Waals surface area contributed by atoms with Gasteiger partial charge < -0.3 is 14.4 Å². The highest BCUT2D eigenvalue weighted by atomic mass is 79.9. The Kier molecular flexibility index (Phi) is 8.24. The first-order valence-corrected chi connectivity index (χ1v) is 15.3. The number of aryl methyl sites for hydroxylation is 1. The van der Waals surface area contributed by atoms with Gasteiger partial charge in [-0.3, -0.25) is 19.2 Å². The highest BCUT2D eigenvalue weighted by Crippen LogP contribution is 2.46. The molecule has 0 unspecified atom stereocenters. The Bertz CT molecular complexity index is 1540. The first-order chi connectivity index (χ1) is 19.0. The number of benzene rings is 3. The molecule has 206 valence electrons. The van der Waals surface area contributed by atoms with E-state index in [1.54, 1.807) is 48.2 Å². The molecule has 5 rings (SSSR count). The fraction of sp³-hybridized carbons (Fsp3) is 0.214. The summed E-state index contributed by atoms with van der Waals surface area (Å²) in [5.74, 6) is -1.34. The van der Waals surface area contributed by atoms with Crippen molar-refractivity contribution in [2.24, 2.45) is 5.92 Å². The van der Waals surface area contributed by atoms with Gasteiger partial charge in [0.05, 0.1) is 29.3 Å². The van der Waals surface area contributed by atoms with E-state index in [0.717, 1.165) is 4.90 Å². The summed E-state index contributed by atoms with van der Waals surface area (Å²) >= 11 is 13.7. The van der Waals surface area contributed by atoms with Gasteiger partial charge in [-0.1, -0.05) is 0 Å². The molecule has 3 amide bonds. The maximum Gasteiger partial charge on any atom is 0.316 e. The maximum atomic E-state index is 13.4. The minimum Gasteiger partial charge on any atom is -0.494 e. The average molecular weight is 800 g/mol. The summed E-state index contributed by atoms with van der Waals surface area (Å²) < 4.78 is 13.2. The third-order valence-electron chi connectivity index (χ3n) is 6.65. The molecule has 3 aromatic carbocycles. The Morgan fingerprint density at radius 2 is 1.45 bits per heavy atom. The van der Waals surface area contributed by atoms with Crippen molar-refractivity contribution in [2.45, 2.75) is 20.3 Å². The van der Waals surface area contributed by atoms with E-state index in [0.29, 0.717) is 47.2 Å². The van der Waals surface area contributed by atoms with Crippen molar-refractivity contribution in [3.8, 4) is 11.5 Å². The van der Waals surface area contributed by atoms with Crippen LogP contribution in [0.3, 0.4) is 0 Å². The van der Waals surface area contributed by atoms with Gasteiger partial charge in [0.2, 0.25) is 5.91 Å². The van der Waals surface area contributed by atoms with Gasteiger partial charge in [-0.25, -0.2) is 4.90 Å². The number of hydrogen-bond acceptors (Lipinski definition) is 6. The Balaban J connectivity index is 1.31. The lowest BCUT2D eigenvalue weighted by Gasteiger charge is -2.18. The van der Waals surface area contributed by atoms with Crippen LogP contribution in [-0.2, 0) is 9.59 Å². The van der Waals surface area contributed by atoms with Crippen LogP contribution in [0.1, 0.15) is 39.6 Å². The molecule has 0 N–H and O–H groups in total. The van der Waals surface area contributed by atoms with E-state index in [2.05, 4.69) is 63.7 Å². The van der Waals surface area contributed by atoms with E-state index in [-0.39, 0.29) is 35.7 Å². The fourth-order valence-electron chi connectivity index (χ4n) is 4.71. The molecular formula is C28H20Br4N2O6. The summed E-state index contributed by atoms with van der Waals surface area (Å²) in [6, 6.07) is 11.8.